The zero-order valence-electron chi connectivity index (χ0n) is 16.3. The first kappa shape index (κ1) is 21.3. The molecule has 29 heavy (non-hydrogen) atoms. The number of hydrogen-bond donors (Lipinski definition) is 1. The van der Waals surface area contributed by atoms with Crippen molar-refractivity contribution in [1.82, 2.24) is 9.62 Å². The monoisotopic (exact) mass is 420 g/mol. The number of carbonyl (C=O) groups excluding carboxylic acids is 1. The van der Waals surface area contributed by atoms with Gasteiger partial charge in [0, 0.05) is 19.6 Å². The van der Waals surface area contributed by atoms with Gasteiger partial charge in [-0.05, 0) is 61.7 Å². The molecule has 3 rings (SSSR count). The topological polar surface area (TPSA) is 75.7 Å². The van der Waals surface area contributed by atoms with Gasteiger partial charge in [-0.15, -0.1) is 0 Å². The highest BCUT2D eigenvalue weighted by atomic mass is 32.2. The number of benzene rings is 2. The van der Waals surface area contributed by atoms with Crippen LogP contribution < -0.4 is 10.1 Å². The van der Waals surface area contributed by atoms with Crippen molar-refractivity contribution in [2.45, 2.75) is 31.2 Å². The first-order chi connectivity index (χ1) is 13.9. The van der Waals surface area contributed by atoms with Gasteiger partial charge in [0.15, 0.2) is 0 Å². The molecule has 6 nitrogen and oxygen atoms in total. The Balaban J connectivity index is 1.62. The van der Waals surface area contributed by atoms with E-state index in [2.05, 4.69) is 5.32 Å². The second-order valence-corrected chi connectivity index (χ2v) is 8.89. The number of sulfonamides is 1. The molecule has 1 amide bonds. The van der Waals surface area contributed by atoms with Gasteiger partial charge in [0.2, 0.25) is 15.9 Å². The van der Waals surface area contributed by atoms with E-state index in [4.69, 9.17) is 4.74 Å². The van der Waals surface area contributed by atoms with Gasteiger partial charge < -0.3 is 10.1 Å². The van der Waals surface area contributed by atoms with Crippen LogP contribution in [0.3, 0.4) is 0 Å². The van der Waals surface area contributed by atoms with Crippen LogP contribution in [0.1, 0.15) is 25.3 Å². The molecule has 0 unspecified atom stereocenters. The van der Waals surface area contributed by atoms with Crippen LogP contribution in [0.5, 0.6) is 5.75 Å². The zero-order chi connectivity index (χ0) is 20.9. The van der Waals surface area contributed by atoms with Gasteiger partial charge in [0.25, 0.3) is 0 Å². The molecule has 1 N–H and O–H groups in total. The molecular weight excluding hydrogens is 395 g/mol. The summed E-state index contributed by atoms with van der Waals surface area (Å²) in [5, 5.41) is 2.82. The van der Waals surface area contributed by atoms with E-state index in [1.165, 1.54) is 28.6 Å². The molecule has 8 heteroatoms. The largest absolute Gasteiger partial charge is 0.494 e. The Morgan fingerprint density at radius 3 is 2.52 bits per heavy atom. The van der Waals surface area contributed by atoms with E-state index in [9.17, 15) is 17.6 Å². The van der Waals surface area contributed by atoms with Gasteiger partial charge in [-0.3, -0.25) is 4.79 Å². The van der Waals surface area contributed by atoms with Crippen LogP contribution in [-0.4, -0.2) is 38.3 Å². The van der Waals surface area contributed by atoms with E-state index in [0.29, 0.717) is 31.7 Å². The van der Waals surface area contributed by atoms with E-state index >= 15 is 0 Å². The summed E-state index contributed by atoms with van der Waals surface area (Å²) in [6.07, 6.45) is 1.25. The smallest absolute Gasteiger partial charge is 0.243 e. The van der Waals surface area contributed by atoms with Gasteiger partial charge in [0.05, 0.1) is 17.4 Å². The van der Waals surface area contributed by atoms with E-state index in [1.807, 2.05) is 6.92 Å². The molecule has 0 saturated carbocycles. The summed E-state index contributed by atoms with van der Waals surface area (Å²) >= 11 is 0. The van der Waals surface area contributed by atoms with Crippen LogP contribution in [0.4, 0.5) is 4.39 Å². The van der Waals surface area contributed by atoms with Crippen molar-refractivity contribution in [2.24, 2.45) is 5.92 Å². The molecule has 2 aromatic rings. The number of ether oxygens (including phenoxy) is 1. The SMILES string of the molecule is CCOc1ccc(S(=O)(=O)N2CCC[C@H](C(=O)NCc3ccc(F)cc3)C2)cc1. The van der Waals surface area contributed by atoms with Crippen LogP contribution in [0.15, 0.2) is 53.4 Å². The molecule has 0 aromatic heterocycles. The highest BCUT2D eigenvalue weighted by molar-refractivity contribution is 7.89. The van der Waals surface area contributed by atoms with Crippen molar-refractivity contribution in [3.8, 4) is 5.75 Å². The lowest BCUT2D eigenvalue weighted by Crippen LogP contribution is -2.45. The summed E-state index contributed by atoms with van der Waals surface area (Å²) in [6, 6.07) is 12.2. The van der Waals surface area contributed by atoms with Gasteiger partial charge in [0.1, 0.15) is 11.6 Å². The van der Waals surface area contributed by atoms with Crippen LogP contribution in [0.25, 0.3) is 0 Å². The van der Waals surface area contributed by atoms with E-state index in [0.717, 1.165) is 5.56 Å². The van der Waals surface area contributed by atoms with Crippen molar-refractivity contribution in [1.29, 1.82) is 0 Å². The summed E-state index contributed by atoms with van der Waals surface area (Å²) in [5.41, 5.74) is 0.787. The van der Waals surface area contributed by atoms with Crippen molar-refractivity contribution in [3.63, 3.8) is 0 Å². The molecule has 0 radical (unpaired) electrons. The highest BCUT2D eigenvalue weighted by Gasteiger charge is 2.33. The Hall–Kier alpha value is -2.45. The van der Waals surface area contributed by atoms with E-state index < -0.39 is 15.9 Å². The lowest BCUT2D eigenvalue weighted by molar-refractivity contribution is -0.126. The standard InChI is InChI=1S/C21H25FN2O4S/c1-2-28-19-9-11-20(12-10-19)29(26,27)24-13-3-4-17(15-24)21(25)23-14-16-5-7-18(22)8-6-16/h5-12,17H,2-4,13-15H2,1H3,(H,23,25)/t17-/m0/s1. The summed E-state index contributed by atoms with van der Waals surface area (Å²) in [7, 11) is -3.68. The minimum Gasteiger partial charge on any atom is -0.494 e. The third-order valence-electron chi connectivity index (χ3n) is 4.91. The van der Waals surface area contributed by atoms with Gasteiger partial charge in [-0.25, -0.2) is 12.8 Å². The number of rotatable bonds is 7. The lowest BCUT2D eigenvalue weighted by Gasteiger charge is -2.31. The normalized spacial score (nSPS) is 17.7. The molecule has 156 valence electrons. The summed E-state index contributed by atoms with van der Waals surface area (Å²) < 4.78 is 45.6. The number of nitrogens with one attached hydrogen (secondary N) is 1. The third-order valence-corrected chi connectivity index (χ3v) is 6.79. The lowest BCUT2D eigenvalue weighted by atomic mass is 9.99. The van der Waals surface area contributed by atoms with Crippen molar-refractivity contribution in [2.75, 3.05) is 19.7 Å². The van der Waals surface area contributed by atoms with Crippen LogP contribution in [-0.2, 0) is 21.4 Å². The maximum absolute atomic E-state index is 13.0. The average Bonchev–Trinajstić information content (AvgIpc) is 2.74. The fraction of sp³-hybridized carbons (Fsp3) is 0.381. The van der Waals surface area contributed by atoms with E-state index in [-0.39, 0.29) is 29.7 Å². The fourth-order valence-corrected chi connectivity index (χ4v) is 4.86. The molecular formula is C21H25FN2O4S. The number of piperidine rings is 1. The highest BCUT2D eigenvalue weighted by Crippen LogP contribution is 2.25. The maximum Gasteiger partial charge on any atom is 0.243 e. The average molecular weight is 421 g/mol. The van der Waals surface area contributed by atoms with Gasteiger partial charge >= 0.3 is 0 Å². The van der Waals surface area contributed by atoms with Crippen molar-refractivity contribution >= 4 is 15.9 Å². The summed E-state index contributed by atoms with van der Waals surface area (Å²) in [6.45, 7) is 3.18. The Morgan fingerprint density at radius 1 is 1.17 bits per heavy atom. The van der Waals surface area contributed by atoms with Crippen molar-refractivity contribution in [3.05, 3.63) is 59.9 Å². The predicted octanol–water partition coefficient (Wildman–Crippen LogP) is 2.94. The van der Waals surface area contributed by atoms with Crippen LogP contribution >= 0.6 is 0 Å². The summed E-state index contributed by atoms with van der Waals surface area (Å²) in [4.78, 5) is 12.7. The Morgan fingerprint density at radius 2 is 1.86 bits per heavy atom. The molecule has 0 spiro atoms. The first-order valence-electron chi connectivity index (χ1n) is 9.65. The maximum atomic E-state index is 13.0. The van der Waals surface area contributed by atoms with Gasteiger partial charge in [-0.2, -0.15) is 4.31 Å². The van der Waals surface area contributed by atoms with Gasteiger partial charge in [-0.1, -0.05) is 12.1 Å². The molecule has 1 saturated heterocycles. The third kappa shape index (κ3) is 5.33. The van der Waals surface area contributed by atoms with Crippen molar-refractivity contribution < 1.29 is 22.3 Å². The number of halogens is 1. The first-order valence-corrected chi connectivity index (χ1v) is 11.1. The molecule has 1 fully saturated rings. The van der Waals surface area contributed by atoms with E-state index in [1.54, 1.807) is 24.3 Å². The molecule has 0 bridgehead atoms. The number of nitrogens with zero attached hydrogens (tertiary/aromatic N) is 1. The second-order valence-electron chi connectivity index (χ2n) is 6.95. The summed E-state index contributed by atoms with van der Waals surface area (Å²) in [5.74, 6) is -0.326. The minimum absolute atomic E-state index is 0.144. The molecule has 2 aromatic carbocycles. The number of hydrogen-bond acceptors (Lipinski definition) is 4. The molecule has 1 heterocycles. The quantitative estimate of drug-likeness (QED) is 0.747. The Kier molecular flexibility index (Phi) is 6.87. The number of amides is 1. The fourth-order valence-electron chi connectivity index (χ4n) is 3.33. The molecule has 1 aliphatic rings. The molecule has 1 atom stereocenters. The van der Waals surface area contributed by atoms with Crippen LogP contribution in [0.2, 0.25) is 0 Å². The second kappa shape index (κ2) is 9.37. The zero-order valence-corrected chi connectivity index (χ0v) is 17.1. The predicted molar refractivity (Wildman–Crippen MR) is 107 cm³/mol. The number of carbonyl (C=O) groups is 1. The van der Waals surface area contributed by atoms with Crippen LogP contribution in [0, 0.1) is 11.7 Å². The Labute approximate surface area is 170 Å². The molecule has 1 aliphatic heterocycles. The molecule has 0 aliphatic carbocycles. The Bertz CT molecular complexity index is 930. The minimum atomic E-state index is -3.68.